The van der Waals surface area contributed by atoms with Crippen molar-refractivity contribution in [1.82, 2.24) is 20.4 Å². The van der Waals surface area contributed by atoms with Crippen molar-refractivity contribution in [1.29, 1.82) is 0 Å². The van der Waals surface area contributed by atoms with Gasteiger partial charge in [0, 0.05) is 24.2 Å². The minimum atomic E-state index is -0.253. The lowest BCUT2D eigenvalue weighted by Crippen LogP contribution is -2.30. The Balaban J connectivity index is 2.14. The van der Waals surface area contributed by atoms with Gasteiger partial charge in [-0.1, -0.05) is 56.1 Å². The molecule has 1 aromatic heterocycles. The van der Waals surface area contributed by atoms with Gasteiger partial charge in [0.1, 0.15) is 5.75 Å². The zero-order valence-corrected chi connectivity index (χ0v) is 20.9. The van der Waals surface area contributed by atoms with E-state index in [9.17, 15) is 4.79 Å². The Bertz CT molecular complexity index is 1080. The number of amides is 1. The molecule has 1 heterocycles. The van der Waals surface area contributed by atoms with Crippen molar-refractivity contribution in [3.8, 4) is 17.3 Å². The van der Waals surface area contributed by atoms with Crippen molar-refractivity contribution in [2.45, 2.75) is 46.7 Å². The van der Waals surface area contributed by atoms with Crippen LogP contribution in [0.25, 0.3) is 5.69 Å². The maximum absolute atomic E-state index is 13.1. The van der Waals surface area contributed by atoms with Gasteiger partial charge >= 0.3 is 0 Å². The molecular formula is C25H30Cl2N4O2. The molecule has 3 aromatic rings. The average Bonchev–Trinajstić information content (AvgIpc) is 3.15. The highest BCUT2D eigenvalue weighted by Crippen LogP contribution is 2.33. The van der Waals surface area contributed by atoms with E-state index < -0.39 is 0 Å². The largest absolute Gasteiger partial charge is 0.439 e. The number of rotatable bonds is 10. The molecule has 0 spiro atoms. The Morgan fingerprint density at radius 1 is 1.09 bits per heavy atom. The van der Waals surface area contributed by atoms with E-state index in [0.29, 0.717) is 57.6 Å². The molecule has 0 bridgehead atoms. The quantitative estimate of drug-likeness (QED) is 0.354. The summed E-state index contributed by atoms with van der Waals surface area (Å²) in [6, 6.07) is 14.6. The number of hydrogen-bond acceptors (Lipinski definition) is 4. The highest BCUT2D eigenvalue weighted by Gasteiger charge is 2.26. The van der Waals surface area contributed by atoms with E-state index in [0.717, 1.165) is 6.42 Å². The van der Waals surface area contributed by atoms with Gasteiger partial charge in [-0.15, -0.1) is 0 Å². The Morgan fingerprint density at radius 3 is 2.42 bits per heavy atom. The van der Waals surface area contributed by atoms with Gasteiger partial charge in [0.15, 0.2) is 5.69 Å². The molecule has 1 atom stereocenters. The van der Waals surface area contributed by atoms with Crippen molar-refractivity contribution in [2.75, 3.05) is 6.54 Å². The standard InChI is InChI=1S/C25H30Cl2N4O2/c1-5-17(4)28-15-20-23(24(32)29-14-16(2)3)30-31(22-9-7-6-8-21(22)27)25(20)33-19-12-10-18(26)11-13-19/h6-13,16-17,28H,5,14-15H2,1-4H3,(H,29,32). The fraction of sp³-hybridized carbons (Fsp3) is 0.360. The van der Waals surface area contributed by atoms with E-state index in [1.54, 1.807) is 35.0 Å². The third kappa shape index (κ3) is 6.50. The molecule has 0 aliphatic rings. The lowest BCUT2D eigenvalue weighted by atomic mass is 10.1. The maximum atomic E-state index is 13.1. The van der Waals surface area contributed by atoms with E-state index in [-0.39, 0.29) is 11.9 Å². The first-order valence-electron chi connectivity index (χ1n) is 11.1. The number of halogens is 2. The van der Waals surface area contributed by atoms with E-state index in [1.165, 1.54) is 0 Å². The Labute approximate surface area is 205 Å². The lowest BCUT2D eigenvalue weighted by Gasteiger charge is -2.15. The summed E-state index contributed by atoms with van der Waals surface area (Å²) in [5.74, 6) is 1.06. The summed E-state index contributed by atoms with van der Waals surface area (Å²) in [5, 5.41) is 12.2. The second-order valence-electron chi connectivity index (χ2n) is 8.35. The highest BCUT2D eigenvalue weighted by molar-refractivity contribution is 6.32. The number of aromatic nitrogens is 2. The SMILES string of the molecule is CCC(C)NCc1c(C(=O)NCC(C)C)nn(-c2ccccc2Cl)c1Oc1ccc(Cl)cc1. The summed E-state index contributed by atoms with van der Waals surface area (Å²) in [5.41, 5.74) is 1.58. The molecule has 2 N–H and O–H groups in total. The van der Waals surface area contributed by atoms with Crippen LogP contribution >= 0.6 is 23.2 Å². The van der Waals surface area contributed by atoms with Crippen molar-refractivity contribution in [3.05, 3.63) is 69.8 Å². The molecule has 0 saturated heterocycles. The fourth-order valence-corrected chi connectivity index (χ4v) is 3.43. The number of ether oxygens (including phenoxy) is 1. The summed E-state index contributed by atoms with van der Waals surface area (Å²) in [7, 11) is 0. The Morgan fingerprint density at radius 2 is 1.79 bits per heavy atom. The summed E-state index contributed by atoms with van der Waals surface area (Å²) in [4.78, 5) is 13.1. The average molecular weight is 489 g/mol. The molecule has 2 aromatic carbocycles. The van der Waals surface area contributed by atoms with Gasteiger partial charge < -0.3 is 15.4 Å². The third-order valence-electron chi connectivity index (χ3n) is 5.17. The van der Waals surface area contributed by atoms with Gasteiger partial charge in [-0.05, 0) is 55.7 Å². The molecule has 176 valence electrons. The number of nitrogens with one attached hydrogen (secondary N) is 2. The minimum Gasteiger partial charge on any atom is -0.439 e. The van der Waals surface area contributed by atoms with Crippen LogP contribution < -0.4 is 15.4 Å². The van der Waals surface area contributed by atoms with Crippen LogP contribution in [0.5, 0.6) is 11.6 Å². The number of para-hydroxylation sites is 1. The minimum absolute atomic E-state index is 0.253. The van der Waals surface area contributed by atoms with Gasteiger partial charge in [0.2, 0.25) is 5.88 Å². The fourth-order valence-electron chi connectivity index (χ4n) is 3.08. The number of hydrogen-bond donors (Lipinski definition) is 2. The van der Waals surface area contributed by atoms with Gasteiger partial charge in [0.25, 0.3) is 5.91 Å². The molecule has 33 heavy (non-hydrogen) atoms. The molecule has 1 unspecified atom stereocenters. The van der Waals surface area contributed by atoms with Crippen molar-refractivity contribution in [3.63, 3.8) is 0 Å². The lowest BCUT2D eigenvalue weighted by molar-refractivity contribution is 0.0942. The molecule has 8 heteroatoms. The van der Waals surface area contributed by atoms with Crippen LogP contribution in [0.1, 0.15) is 50.2 Å². The first-order valence-corrected chi connectivity index (χ1v) is 11.9. The summed E-state index contributed by atoms with van der Waals surface area (Å²) >= 11 is 12.5. The molecule has 0 fully saturated rings. The van der Waals surface area contributed by atoms with Crippen LogP contribution in [0.4, 0.5) is 0 Å². The van der Waals surface area contributed by atoms with Crippen LogP contribution in [0, 0.1) is 5.92 Å². The zero-order chi connectivity index (χ0) is 24.0. The molecule has 6 nitrogen and oxygen atoms in total. The zero-order valence-electron chi connectivity index (χ0n) is 19.4. The predicted molar refractivity (Wildman–Crippen MR) is 134 cm³/mol. The van der Waals surface area contributed by atoms with Crippen LogP contribution in [-0.4, -0.2) is 28.3 Å². The van der Waals surface area contributed by atoms with Gasteiger partial charge in [-0.25, -0.2) is 0 Å². The molecular weight excluding hydrogens is 459 g/mol. The number of carbonyl (C=O) groups excluding carboxylic acids is 1. The van der Waals surface area contributed by atoms with Gasteiger partial charge in [0.05, 0.1) is 16.3 Å². The van der Waals surface area contributed by atoms with Crippen LogP contribution in [0.3, 0.4) is 0 Å². The number of carbonyl (C=O) groups is 1. The smallest absolute Gasteiger partial charge is 0.272 e. The van der Waals surface area contributed by atoms with E-state index in [4.69, 9.17) is 27.9 Å². The predicted octanol–water partition coefficient (Wildman–Crippen LogP) is 6.25. The van der Waals surface area contributed by atoms with E-state index in [2.05, 4.69) is 29.6 Å². The van der Waals surface area contributed by atoms with Crippen LogP contribution in [-0.2, 0) is 6.54 Å². The molecule has 0 aliphatic carbocycles. The first-order chi connectivity index (χ1) is 15.8. The highest BCUT2D eigenvalue weighted by atomic mass is 35.5. The summed E-state index contributed by atoms with van der Waals surface area (Å²) in [6.45, 7) is 9.24. The second-order valence-corrected chi connectivity index (χ2v) is 9.19. The van der Waals surface area contributed by atoms with Gasteiger partial charge in [-0.2, -0.15) is 9.78 Å². The molecule has 3 rings (SSSR count). The molecule has 0 saturated carbocycles. The molecule has 0 aliphatic heterocycles. The van der Waals surface area contributed by atoms with E-state index >= 15 is 0 Å². The van der Waals surface area contributed by atoms with Crippen molar-refractivity contribution in [2.24, 2.45) is 5.92 Å². The Hall–Kier alpha value is -2.54. The number of nitrogens with zero attached hydrogens (tertiary/aromatic N) is 2. The Kier molecular flexibility index (Phi) is 8.78. The topological polar surface area (TPSA) is 68.2 Å². The molecule has 0 radical (unpaired) electrons. The van der Waals surface area contributed by atoms with Crippen molar-refractivity contribution >= 4 is 29.1 Å². The van der Waals surface area contributed by atoms with Crippen LogP contribution in [0.15, 0.2) is 48.5 Å². The first kappa shape index (κ1) is 25.1. The van der Waals surface area contributed by atoms with E-state index in [1.807, 2.05) is 32.0 Å². The van der Waals surface area contributed by atoms with Gasteiger partial charge in [-0.3, -0.25) is 4.79 Å². The normalized spacial score (nSPS) is 12.1. The maximum Gasteiger partial charge on any atom is 0.272 e. The molecule has 1 amide bonds. The summed E-state index contributed by atoms with van der Waals surface area (Å²) < 4.78 is 7.88. The third-order valence-corrected chi connectivity index (χ3v) is 5.74. The summed E-state index contributed by atoms with van der Waals surface area (Å²) in [6.07, 6.45) is 0.945. The second kappa shape index (κ2) is 11.5. The monoisotopic (exact) mass is 488 g/mol. The number of benzene rings is 2. The van der Waals surface area contributed by atoms with Crippen molar-refractivity contribution < 1.29 is 9.53 Å². The van der Waals surface area contributed by atoms with Crippen LogP contribution in [0.2, 0.25) is 10.0 Å².